The van der Waals surface area contributed by atoms with Gasteiger partial charge in [-0.3, -0.25) is 5.41 Å². The van der Waals surface area contributed by atoms with Crippen molar-refractivity contribution in [2.75, 3.05) is 0 Å². The number of nitrogens with two attached hydrogens (primary N) is 1. The lowest BCUT2D eigenvalue weighted by atomic mass is 10.2. The van der Waals surface area contributed by atoms with Crippen molar-refractivity contribution in [2.24, 2.45) is 5.73 Å². The fourth-order valence-electron chi connectivity index (χ4n) is 2.61. The smallest absolute Gasteiger partial charge is 0.433 e. The highest BCUT2D eigenvalue weighted by Crippen LogP contribution is 2.19. The quantitative estimate of drug-likeness (QED) is 0.612. The number of ether oxygens (including phenoxy) is 2. The largest absolute Gasteiger partial charge is 0.443 e. The van der Waals surface area contributed by atoms with E-state index in [1.165, 1.54) is 12.3 Å². The molecule has 0 aliphatic carbocycles. The van der Waals surface area contributed by atoms with Gasteiger partial charge < -0.3 is 15.2 Å². The Morgan fingerprint density at radius 1 is 0.893 bits per heavy atom. The molecule has 1 aliphatic heterocycles. The molecule has 144 valence electrons. The van der Waals surface area contributed by atoms with Crippen molar-refractivity contribution in [3.8, 4) is 0 Å². The fourth-order valence-corrected chi connectivity index (χ4v) is 2.61. The predicted octanol–water partition coefficient (Wildman–Crippen LogP) is 3.01. The van der Waals surface area contributed by atoms with Gasteiger partial charge in [0, 0.05) is 6.20 Å². The fraction of sp³-hybridized carbons (Fsp3) is 0.150. The minimum absolute atomic E-state index is 0.0215. The Hall–Kier alpha value is -3.81. The molecular formula is C20H20N4O4. The standard InChI is InChI=1S/C20H20N4O4/c21-18(22)17-11-12-23(19(25)27-13-15-7-3-1-4-8-15)24(17)20(26)28-14-16-9-5-2-6-10-16/h1-12,17H,13-14H2,(H3,21,22). The summed E-state index contributed by atoms with van der Waals surface area (Å²) >= 11 is 0. The van der Waals surface area contributed by atoms with Crippen molar-refractivity contribution in [1.82, 2.24) is 10.0 Å². The molecule has 1 atom stereocenters. The van der Waals surface area contributed by atoms with Crippen LogP contribution in [0.5, 0.6) is 0 Å². The van der Waals surface area contributed by atoms with E-state index in [-0.39, 0.29) is 19.0 Å². The molecule has 0 spiro atoms. The third-order valence-electron chi connectivity index (χ3n) is 4.01. The summed E-state index contributed by atoms with van der Waals surface area (Å²) < 4.78 is 10.5. The molecule has 0 bridgehead atoms. The average Bonchev–Trinajstić information content (AvgIpc) is 3.17. The van der Waals surface area contributed by atoms with E-state index in [0.717, 1.165) is 21.1 Å². The highest BCUT2D eigenvalue weighted by Gasteiger charge is 2.38. The van der Waals surface area contributed by atoms with Crippen LogP contribution in [-0.4, -0.2) is 34.1 Å². The molecule has 8 nitrogen and oxygen atoms in total. The lowest BCUT2D eigenvalue weighted by Gasteiger charge is -2.29. The molecule has 2 aromatic carbocycles. The summed E-state index contributed by atoms with van der Waals surface area (Å²) in [6, 6.07) is 17.4. The first-order chi connectivity index (χ1) is 13.6. The average molecular weight is 380 g/mol. The second-order valence-electron chi connectivity index (χ2n) is 6.01. The van der Waals surface area contributed by atoms with Gasteiger partial charge in [-0.05, 0) is 17.2 Å². The van der Waals surface area contributed by atoms with Crippen LogP contribution < -0.4 is 5.73 Å². The van der Waals surface area contributed by atoms with Crippen molar-refractivity contribution in [1.29, 1.82) is 5.41 Å². The Morgan fingerprint density at radius 3 is 1.89 bits per heavy atom. The molecule has 8 heteroatoms. The van der Waals surface area contributed by atoms with Gasteiger partial charge >= 0.3 is 12.2 Å². The lowest BCUT2D eigenvalue weighted by Crippen LogP contribution is -2.52. The summed E-state index contributed by atoms with van der Waals surface area (Å²) in [5.41, 5.74) is 7.16. The molecule has 0 saturated carbocycles. The second-order valence-corrected chi connectivity index (χ2v) is 6.01. The van der Waals surface area contributed by atoms with E-state index >= 15 is 0 Å². The number of carbonyl (C=O) groups is 2. The SMILES string of the molecule is N=C(N)C1C=CN(C(=O)OCc2ccccc2)N1C(=O)OCc1ccccc1. The van der Waals surface area contributed by atoms with E-state index in [1.54, 1.807) is 0 Å². The minimum Gasteiger partial charge on any atom is -0.443 e. The van der Waals surface area contributed by atoms with Crippen molar-refractivity contribution >= 4 is 18.0 Å². The Morgan fingerprint density at radius 2 is 1.39 bits per heavy atom. The van der Waals surface area contributed by atoms with Crippen LogP contribution in [0.2, 0.25) is 0 Å². The number of hydrogen-bond donors (Lipinski definition) is 2. The van der Waals surface area contributed by atoms with Crippen LogP contribution in [-0.2, 0) is 22.7 Å². The number of hydrazine groups is 1. The summed E-state index contributed by atoms with van der Waals surface area (Å²) in [4.78, 5) is 25.1. The number of rotatable bonds is 5. The van der Waals surface area contributed by atoms with Crippen LogP contribution in [0.1, 0.15) is 11.1 Å². The summed E-state index contributed by atoms with van der Waals surface area (Å²) in [5.74, 6) is -0.300. The number of nitrogens with one attached hydrogen (secondary N) is 1. The Balaban J connectivity index is 1.66. The maximum Gasteiger partial charge on any atom is 0.433 e. The van der Waals surface area contributed by atoms with Crippen LogP contribution in [0.25, 0.3) is 0 Å². The second kappa shape index (κ2) is 8.72. The zero-order valence-electron chi connectivity index (χ0n) is 15.0. The maximum absolute atomic E-state index is 12.6. The third-order valence-corrected chi connectivity index (χ3v) is 4.01. The highest BCUT2D eigenvalue weighted by atomic mass is 16.6. The van der Waals surface area contributed by atoms with Crippen LogP contribution in [0.4, 0.5) is 9.59 Å². The van der Waals surface area contributed by atoms with Gasteiger partial charge in [0.05, 0.1) is 0 Å². The van der Waals surface area contributed by atoms with Gasteiger partial charge in [0.15, 0.2) is 0 Å². The molecule has 0 aromatic heterocycles. The lowest BCUT2D eigenvalue weighted by molar-refractivity contribution is 0.00563. The molecule has 3 N–H and O–H groups in total. The number of benzene rings is 2. The van der Waals surface area contributed by atoms with Gasteiger partial charge in [-0.15, -0.1) is 0 Å². The van der Waals surface area contributed by atoms with Gasteiger partial charge in [0.1, 0.15) is 25.1 Å². The van der Waals surface area contributed by atoms with E-state index in [9.17, 15) is 9.59 Å². The molecule has 1 aliphatic rings. The zero-order valence-corrected chi connectivity index (χ0v) is 15.0. The number of amidine groups is 1. The molecule has 1 heterocycles. The van der Waals surface area contributed by atoms with Gasteiger partial charge in [-0.25, -0.2) is 9.59 Å². The molecular weight excluding hydrogens is 360 g/mol. The van der Waals surface area contributed by atoms with Gasteiger partial charge in [0.2, 0.25) is 0 Å². The topological polar surface area (TPSA) is 109 Å². The number of amides is 2. The maximum atomic E-state index is 12.6. The molecule has 1 unspecified atom stereocenters. The molecule has 2 aromatic rings. The molecule has 0 saturated heterocycles. The van der Waals surface area contributed by atoms with Crippen LogP contribution >= 0.6 is 0 Å². The van der Waals surface area contributed by atoms with Crippen LogP contribution in [0, 0.1) is 5.41 Å². The number of hydrogen-bond acceptors (Lipinski definition) is 5. The highest BCUT2D eigenvalue weighted by molar-refractivity contribution is 5.90. The van der Waals surface area contributed by atoms with Gasteiger partial charge in [-0.2, -0.15) is 10.0 Å². The van der Waals surface area contributed by atoms with Crippen molar-refractivity contribution in [3.63, 3.8) is 0 Å². The Bertz CT molecular complexity index is 870. The molecule has 0 fully saturated rings. The van der Waals surface area contributed by atoms with Gasteiger partial charge in [0.25, 0.3) is 0 Å². The Labute approximate surface area is 162 Å². The van der Waals surface area contributed by atoms with E-state index in [2.05, 4.69) is 0 Å². The normalized spacial score (nSPS) is 15.4. The predicted molar refractivity (Wildman–Crippen MR) is 102 cm³/mol. The van der Waals surface area contributed by atoms with E-state index in [0.29, 0.717) is 0 Å². The van der Waals surface area contributed by atoms with E-state index in [1.807, 2.05) is 60.7 Å². The first-order valence-electron chi connectivity index (χ1n) is 8.58. The number of nitrogens with zero attached hydrogens (tertiary/aromatic N) is 2. The summed E-state index contributed by atoms with van der Waals surface area (Å²) in [6.07, 6.45) is 1.20. The van der Waals surface area contributed by atoms with Crippen LogP contribution in [0.15, 0.2) is 72.9 Å². The monoisotopic (exact) mass is 380 g/mol. The van der Waals surface area contributed by atoms with Crippen molar-refractivity contribution < 1.29 is 19.1 Å². The minimum atomic E-state index is -0.924. The van der Waals surface area contributed by atoms with E-state index in [4.69, 9.17) is 20.6 Å². The zero-order chi connectivity index (χ0) is 19.9. The summed E-state index contributed by atoms with van der Waals surface area (Å²) in [7, 11) is 0. The first-order valence-corrected chi connectivity index (χ1v) is 8.58. The first kappa shape index (κ1) is 19.0. The summed E-state index contributed by atoms with van der Waals surface area (Å²) in [6.45, 7) is 0.0648. The molecule has 28 heavy (non-hydrogen) atoms. The van der Waals surface area contributed by atoms with Crippen molar-refractivity contribution in [2.45, 2.75) is 19.3 Å². The third kappa shape index (κ3) is 4.47. The van der Waals surface area contributed by atoms with Crippen LogP contribution in [0.3, 0.4) is 0 Å². The Kier molecular flexibility index (Phi) is 5.91. The van der Waals surface area contributed by atoms with E-state index < -0.39 is 18.2 Å². The van der Waals surface area contributed by atoms with Crippen molar-refractivity contribution in [3.05, 3.63) is 84.1 Å². The molecule has 2 amide bonds. The molecule has 0 radical (unpaired) electrons. The molecule has 3 rings (SSSR count). The summed E-state index contributed by atoms with van der Waals surface area (Å²) in [5, 5.41) is 9.59. The number of carbonyl (C=O) groups excluding carboxylic acids is 2. The van der Waals surface area contributed by atoms with Gasteiger partial charge in [-0.1, -0.05) is 60.7 Å².